The maximum Gasteiger partial charge on any atom is 0.0101 e. The molecule has 0 saturated heterocycles. The Morgan fingerprint density at radius 3 is 2.11 bits per heavy atom. The van der Waals surface area contributed by atoms with Gasteiger partial charge in [-0.3, -0.25) is 0 Å². The lowest BCUT2D eigenvalue weighted by Gasteiger charge is -2.29. The summed E-state index contributed by atoms with van der Waals surface area (Å²) in [5.41, 5.74) is 0.556. The third kappa shape index (κ3) is 3.73. The van der Waals surface area contributed by atoms with Crippen LogP contribution in [0, 0.1) is 17.3 Å². The van der Waals surface area contributed by atoms with Crippen molar-refractivity contribution in [2.24, 2.45) is 17.3 Å². The Bertz CT molecular complexity index is 250. The van der Waals surface area contributed by atoms with Gasteiger partial charge < -0.3 is 5.32 Å². The minimum absolute atomic E-state index is 0.556. The fraction of sp³-hybridized carbons (Fsp3) is 1.00. The SMILES string of the molecule is CC1CC(C)(C)CC1N[C@@H](C)C1CCCCCC1. The highest BCUT2D eigenvalue weighted by atomic mass is 15.0. The van der Waals surface area contributed by atoms with Crippen LogP contribution < -0.4 is 5.32 Å². The summed E-state index contributed by atoms with van der Waals surface area (Å²) in [6.07, 6.45) is 11.5. The van der Waals surface area contributed by atoms with Crippen LogP contribution in [0.4, 0.5) is 0 Å². The highest BCUT2D eigenvalue weighted by Gasteiger charge is 2.37. The summed E-state index contributed by atoms with van der Waals surface area (Å²) in [7, 11) is 0. The van der Waals surface area contributed by atoms with E-state index in [4.69, 9.17) is 0 Å². The fourth-order valence-corrected chi connectivity index (χ4v) is 4.40. The molecular formula is C17H33N. The van der Waals surface area contributed by atoms with E-state index < -0.39 is 0 Å². The highest BCUT2D eigenvalue weighted by molar-refractivity contribution is 4.93. The minimum Gasteiger partial charge on any atom is -0.311 e. The standard InChI is InChI=1S/C17H33N/c1-13-11-17(3,4)12-16(13)18-14(2)15-9-7-5-6-8-10-15/h13-16,18H,5-12H2,1-4H3/t13?,14-,16?/m0/s1. The molecule has 18 heavy (non-hydrogen) atoms. The van der Waals surface area contributed by atoms with Crippen molar-refractivity contribution in [3.63, 3.8) is 0 Å². The molecule has 106 valence electrons. The number of rotatable bonds is 3. The van der Waals surface area contributed by atoms with Gasteiger partial charge in [-0.1, -0.05) is 46.5 Å². The average molecular weight is 251 g/mol. The largest absolute Gasteiger partial charge is 0.311 e. The molecule has 0 aromatic carbocycles. The molecule has 2 rings (SSSR count). The van der Waals surface area contributed by atoms with Crippen LogP contribution in [0.25, 0.3) is 0 Å². The zero-order chi connectivity index (χ0) is 13.2. The lowest BCUT2D eigenvalue weighted by atomic mass is 9.90. The number of nitrogens with one attached hydrogen (secondary N) is 1. The van der Waals surface area contributed by atoms with Gasteiger partial charge in [-0.2, -0.15) is 0 Å². The van der Waals surface area contributed by atoms with E-state index in [-0.39, 0.29) is 0 Å². The van der Waals surface area contributed by atoms with Crippen LogP contribution in [-0.2, 0) is 0 Å². The maximum atomic E-state index is 3.98. The van der Waals surface area contributed by atoms with Crippen LogP contribution >= 0.6 is 0 Å². The van der Waals surface area contributed by atoms with Crippen molar-refractivity contribution in [1.29, 1.82) is 0 Å². The average Bonchev–Trinajstić information content (AvgIpc) is 2.50. The second-order valence-electron chi connectivity index (χ2n) is 7.86. The molecule has 1 heteroatoms. The van der Waals surface area contributed by atoms with E-state index in [1.54, 1.807) is 0 Å². The summed E-state index contributed by atoms with van der Waals surface area (Å²) in [6, 6.07) is 1.49. The fourth-order valence-electron chi connectivity index (χ4n) is 4.40. The van der Waals surface area contributed by atoms with Gasteiger partial charge in [-0.15, -0.1) is 0 Å². The van der Waals surface area contributed by atoms with Crippen LogP contribution in [0.15, 0.2) is 0 Å². The van der Waals surface area contributed by atoms with Gasteiger partial charge in [-0.05, 0) is 49.9 Å². The minimum atomic E-state index is 0.556. The Morgan fingerprint density at radius 2 is 1.61 bits per heavy atom. The van der Waals surface area contributed by atoms with E-state index in [2.05, 4.69) is 33.0 Å². The Morgan fingerprint density at radius 1 is 1.00 bits per heavy atom. The smallest absolute Gasteiger partial charge is 0.0101 e. The molecule has 2 saturated carbocycles. The van der Waals surface area contributed by atoms with E-state index in [0.29, 0.717) is 5.41 Å². The van der Waals surface area contributed by atoms with Crippen molar-refractivity contribution in [2.75, 3.05) is 0 Å². The Hall–Kier alpha value is -0.0400. The van der Waals surface area contributed by atoms with Crippen molar-refractivity contribution in [3.05, 3.63) is 0 Å². The molecule has 2 aliphatic rings. The lowest BCUT2D eigenvalue weighted by molar-refractivity contribution is 0.283. The molecule has 1 nitrogen and oxygen atoms in total. The van der Waals surface area contributed by atoms with Gasteiger partial charge >= 0.3 is 0 Å². The summed E-state index contributed by atoms with van der Waals surface area (Å²) in [5, 5.41) is 3.98. The molecule has 0 aliphatic heterocycles. The van der Waals surface area contributed by atoms with Crippen molar-refractivity contribution in [1.82, 2.24) is 5.32 Å². The maximum absolute atomic E-state index is 3.98. The molecule has 2 fully saturated rings. The van der Waals surface area contributed by atoms with E-state index >= 15 is 0 Å². The second kappa shape index (κ2) is 5.94. The molecule has 2 aliphatic carbocycles. The van der Waals surface area contributed by atoms with Crippen LogP contribution in [0.5, 0.6) is 0 Å². The summed E-state index contributed by atoms with van der Waals surface area (Å²) in [4.78, 5) is 0. The Kier molecular flexibility index (Phi) is 4.75. The van der Waals surface area contributed by atoms with Crippen LogP contribution in [0.2, 0.25) is 0 Å². The molecule has 0 amide bonds. The van der Waals surface area contributed by atoms with Gasteiger partial charge in [0.25, 0.3) is 0 Å². The number of hydrogen-bond acceptors (Lipinski definition) is 1. The summed E-state index contributed by atoms with van der Waals surface area (Å²) < 4.78 is 0. The van der Waals surface area contributed by atoms with Gasteiger partial charge in [0.2, 0.25) is 0 Å². The molecule has 0 spiro atoms. The summed E-state index contributed by atoms with van der Waals surface area (Å²) >= 11 is 0. The molecule has 0 bridgehead atoms. The van der Waals surface area contributed by atoms with E-state index in [1.807, 2.05) is 0 Å². The normalized spacial score (nSPS) is 35.3. The monoisotopic (exact) mass is 251 g/mol. The van der Waals surface area contributed by atoms with Crippen LogP contribution in [0.3, 0.4) is 0 Å². The lowest BCUT2D eigenvalue weighted by Crippen LogP contribution is -2.42. The quantitative estimate of drug-likeness (QED) is 0.713. The summed E-state index contributed by atoms with van der Waals surface area (Å²) in [6.45, 7) is 9.74. The van der Waals surface area contributed by atoms with E-state index in [1.165, 1.54) is 51.4 Å². The van der Waals surface area contributed by atoms with Gasteiger partial charge in [0.1, 0.15) is 0 Å². The highest BCUT2D eigenvalue weighted by Crippen LogP contribution is 2.41. The predicted octanol–water partition coefficient (Wildman–Crippen LogP) is 4.76. The first-order valence-electron chi connectivity index (χ1n) is 8.24. The van der Waals surface area contributed by atoms with Crippen molar-refractivity contribution in [2.45, 2.75) is 91.1 Å². The second-order valence-corrected chi connectivity index (χ2v) is 7.86. The van der Waals surface area contributed by atoms with Gasteiger partial charge in [0.15, 0.2) is 0 Å². The van der Waals surface area contributed by atoms with Crippen LogP contribution in [0.1, 0.15) is 79.1 Å². The van der Waals surface area contributed by atoms with Gasteiger partial charge in [0.05, 0.1) is 0 Å². The molecule has 1 N–H and O–H groups in total. The third-order valence-corrected chi connectivity index (χ3v) is 5.42. The van der Waals surface area contributed by atoms with Crippen molar-refractivity contribution < 1.29 is 0 Å². The molecular weight excluding hydrogens is 218 g/mol. The summed E-state index contributed by atoms with van der Waals surface area (Å²) in [5.74, 6) is 1.79. The van der Waals surface area contributed by atoms with Gasteiger partial charge in [0, 0.05) is 12.1 Å². The van der Waals surface area contributed by atoms with E-state index in [9.17, 15) is 0 Å². The predicted molar refractivity (Wildman–Crippen MR) is 79.8 cm³/mol. The number of hydrogen-bond donors (Lipinski definition) is 1. The van der Waals surface area contributed by atoms with Crippen molar-refractivity contribution >= 4 is 0 Å². The Balaban J connectivity index is 1.84. The van der Waals surface area contributed by atoms with E-state index in [0.717, 1.165) is 23.9 Å². The zero-order valence-corrected chi connectivity index (χ0v) is 13.0. The first kappa shape index (κ1) is 14.4. The zero-order valence-electron chi connectivity index (χ0n) is 13.0. The van der Waals surface area contributed by atoms with Crippen LogP contribution in [-0.4, -0.2) is 12.1 Å². The molecule has 0 radical (unpaired) electrons. The van der Waals surface area contributed by atoms with Gasteiger partial charge in [-0.25, -0.2) is 0 Å². The van der Waals surface area contributed by atoms with Crippen molar-refractivity contribution in [3.8, 4) is 0 Å². The molecule has 0 aromatic rings. The first-order chi connectivity index (χ1) is 8.48. The Labute approximate surface area is 114 Å². The topological polar surface area (TPSA) is 12.0 Å². The third-order valence-electron chi connectivity index (χ3n) is 5.42. The first-order valence-corrected chi connectivity index (χ1v) is 8.24. The molecule has 3 atom stereocenters. The molecule has 2 unspecified atom stereocenters. The molecule has 0 heterocycles. The molecule has 0 aromatic heterocycles.